The molecule has 88 valence electrons. The number of benzene rings is 1. The monoisotopic (exact) mass is 266 g/mol. The number of carbonyl (C=O) groups excluding carboxylic acids is 1. The highest BCUT2D eigenvalue weighted by atomic mass is 32.2. The fourth-order valence-corrected chi connectivity index (χ4v) is 2.80. The Labute approximate surface area is 106 Å². The molecule has 0 radical (unpaired) electrons. The van der Waals surface area contributed by atoms with E-state index in [1.54, 1.807) is 23.3 Å². The van der Waals surface area contributed by atoms with E-state index in [0.29, 0.717) is 11.3 Å². The molecule has 17 heavy (non-hydrogen) atoms. The smallest absolute Gasteiger partial charge is 0.265 e. The van der Waals surface area contributed by atoms with Gasteiger partial charge in [-0.3, -0.25) is 10.2 Å². The summed E-state index contributed by atoms with van der Waals surface area (Å²) >= 11 is 3.02. The minimum Gasteiger partial charge on any atom is -0.290 e. The van der Waals surface area contributed by atoms with Gasteiger partial charge in [0, 0.05) is 11.3 Å². The van der Waals surface area contributed by atoms with Crippen molar-refractivity contribution < 1.29 is 4.79 Å². The molecule has 1 aromatic carbocycles. The molecule has 0 aliphatic rings. The Morgan fingerprint density at radius 2 is 2.29 bits per heavy atom. The third kappa shape index (κ3) is 3.02. The van der Waals surface area contributed by atoms with Crippen LogP contribution in [0.5, 0.6) is 0 Å². The molecule has 3 N–H and O–H groups in total. The third-order valence-corrected chi connectivity index (χ3v) is 3.99. The Hall–Kier alpha value is -1.44. The first kappa shape index (κ1) is 12.0. The van der Waals surface area contributed by atoms with Gasteiger partial charge in [0.15, 0.2) is 4.34 Å². The molecule has 1 amide bonds. The van der Waals surface area contributed by atoms with Crippen molar-refractivity contribution in [2.75, 3.05) is 0 Å². The average molecular weight is 266 g/mol. The third-order valence-electron chi connectivity index (χ3n) is 2.08. The summed E-state index contributed by atoms with van der Waals surface area (Å²) in [7, 11) is 0. The molecular formula is C10H10N4OS2. The van der Waals surface area contributed by atoms with Gasteiger partial charge in [0.1, 0.15) is 5.51 Å². The fourth-order valence-electron chi connectivity index (χ4n) is 1.31. The number of amides is 1. The van der Waals surface area contributed by atoms with Crippen LogP contribution in [0.25, 0.3) is 0 Å². The quantitative estimate of drug-likeness (QED) is 0.379. The SMILES string of the molecule is NNC(=O)c1ccccc1CSc1nncs1. The fraction of sp³-hybridized carbons (Fsp3) is 0.100. The molecule has 1 heterocycles. The number of hydrogen-bond donors (Lipinski definition) is 2. The maximum absolute atomic E-state index is 11.5. The van der Waals surface area contributed by atoms with Gasteiger partial charge in [-0.25, -0.2) is 5.84 Å². The van der Waals surface area contributed by atoms with Crippen molar-refractivity contribution in [1.82, 2.24) is 15.6 Å². The minimum atomic E-state index is -0.279. The highest BCUT2D eigenvalue weighted by Crippen LogP contribution is 2.25. The molecular weight excluding hydrogens is 256 g/mol. The van der Waals surface area contributed by atoms with Crippen LogP contribution < -0.4 is 11.3 Å². The number of nitrogens with two attached hydrogens (primary N) is 1. The van der Waals surface area contributed by atoms with Gasteiger partial charge in [-0.2, -0.15) is 0 Å². The summed E-state index contributed by atoms with van der Waals surface area (Å²) in [5.74, 6) is 5.52. The molecule has 2 aromatic rings. The standard InChI is InChI=1S/C10H10N4OS2/c11-13-9(15)8-4-2-1-3-7(8)5-16-10-14-12-6-17-10/h1-4,6H,5,11H2,(H,13,15). The summed E-state index contributed by atoms with van der Waals surface area (Å²) in [5.41, 5.74) is 5.34. The van der Waals surface area contributed by atoms with Gasteiger partial charge >= 0.3 is 0 Å². The zero-order valence-corrected chi connectivity index (χ0v) is 10.4. The van der Waals surface area contributed by atoms with E-state index in [1.165, 1.54) is 11.3 Å². The second-order valence-corrected chi connectivity index (χ2v) is 5.18. The number of nitrogen functional groups attached to an aromatic ring is 1. The van der Waals surface area contributed by atoms with E-state index in [4.69, 9.17) is 5.84 Å². The Kier molecular flexibility index (Phi) is 4.08. The van der Waals surface area contributed by atoms with E-state index in [0.717, 1.165) is 9.90 Å². The highest BCUT2D eigenvalue weighted by molar-refractivity contribution is 8.00. The van der Waals surface area contributed by atoms with Crippen LogP contribution >= 0.6 is 23.1 Å². The number of nitrogens with one attached hydrogen (secondary N) is 1. The van der Waals surface area contributed by atoms with Gasteiger partial charge in [0.25, 0.3) is 5.91 Å². The second kappa shape index (κ2) is 5.76. The Morgan fingerprint density at radius 3 is 3.00 bits per heavy atom. The Bertz CT molecular complexity index is 501. The predicted molar refractivity (Wildman–Crippen MR) is 67.6 cm³/mol. The van der Waals surface area contributed by atoms with Crippen molar-refractivity contribution in [2.24, 2.45) is 5.84 Å². The van der Waals surface area contributed by atoms with E-state index in [9.17, 15) is 4.79 Å². The van der Waals surface area contributed by atoms with Crippen LogP contribution in [-0.4, -0.2) is 16.1 Å². The zero-order valence-electron chi connectivity index (χ0n) is 8.79. The lowest BCUT2D eigenvalue weighted by Crippen LogP contribution is -2.30. The van der Waals surface area contributed by atoms with Gasteiger partial charge in [-0.05, 0) is 11.6 Å². The maximum atomic E-state index is 11.5. The van der Waals surface area contributed by atoms with Crippen molar-refractivity contribution in [3.63, 3.8) is 0 Å². The minimum absolute atomic E-state index is 0.279. The molecule has 0 bridgehead atoms. The lowest BCUT2D eigenvalue weighted by molar-refractivity contribution is 0.0953. The number of hydrazine groups is 1. The van der Waals surface area contributed by atoms with Crippen LogP contribution in [0.3, 0.4) is 0 Å². The van der Waals surface area contributed by atoms with Crippen LogP contribution in [0.15, 0.2) is 34.1 Å². The van der Waals surface area contributed by atoms with Crippen molar-refractivity contribution in [3.05, 3.63) is 40.9 Å². The van der Waals surface area contributed by atoms with E-state index in [-0.39, 0.29) is 5.91 Å². The predicted octanol–water partition coefficient (Wildman–Crippen LogP) is 1.43. The molecule has 1 aromatic heterocycles. The summed E-state index contributed by atoms with van der Waals surface area (Å²) in [6.45, 7) is 0. The van der Waals surface area contributed by atoms with E-state index >= 15 is 0 Å². The number of carbonyl (C=O) groups is 1. The van der Waals surface area contributed by atoms with Crippen LogP contribution in [0, 0.1) is 0 Å². The number of hydrogen-bond acceptors (Lipinski definition) is 6. The largest absolute Gasteiger partial charge is 0.290 e. The van der Waals surface area contributed by atoms with Crippen molar-refractivity contribution in [3.8, 4) is 0 Å². The van der Waals surface area contributed by atoms with Crippen LogP contribution in [-0.2, 0) is 5.75 Å². The maximum Gasteiger partial charge on any atom is 0.265 e. The Morgan fingerprint density at radius 1 is 1.47 bits per heavy atom. The first-order chi connectivity index (χ1) is 8.31. The average Bonchev–Trinajstić information content (AvgIpc) is 2.89. The highest BCUT2D eigenvalue weighted by Gasteiger charge is 2.10. The number of nitrogens with zero attached hydrogens (tertiary/aromatic N) is 2. The van der Waals surface area contributed by atoms with Crippen LogP contribution in [0.1, 0.15) is 15.9 Å². The molecule has 0 saturated heterocycles. The first-order valence-corrected chi connectivity index (χ1v) is 6.65. The number of aromatic nitrogens is 2. The van der Waals surface area contributed by atoms with Gasteiger partial charge < -0.3 is 0 Å². The zero-order chi connectivity index (χ0) is 12.1. The summed E-state index contributed by atoms with van der Waals surface area (Å²) < 4.78 is 0.882. The normalized spacial score (nSPS) is 10.2. The van der Waals surface area contributed by atoms with Crippen molar-refractivity contribution in [1.29, 1.82) is 0 Å². The van der Waals surface area contributed by atoms with Crippen LogP contribution in [0.4, 0.5) is 0 Å². The van der Waals surface area contributed by atoms with Gasteiger partial charge in [-0.15, -0.1) is 10.2 Å². The summed E-state index contributed by atoms with van der Waals surface area (Å²) in [4.78, 5) is 11.5. The van der Waals surface area contributed by atoms with Gasteiger partial charge in [0.05, 0.1) is 0 Å². The van der Waals surface area contributed by atoms with Crippen molar-refractivity contribution in [2.45, 2.75) is 10.1 Å². The summed E-state index contributed by atoms with van der Waals surface area (Å²) in [6, 6.07) is 7.35. The second-order valence-electron chi connectivity index (χ2n) is 3.12. The molecule has 0 fully saturated rings. The molecule has 0 spiro atoms. The molecule has 0 unspecified atom stereocenters. The van der Waals surface area contributed by atoms with Crippen molar-refractivity contribution >= 4 is 29.0 Å². The van der Waals surface area contributed by atoms with E-state index < -0.39 is 0 Å². The van der Waals surface area contributed by atoms with Gasteiger partial charge in [0.2, 0.25) is 0 Å². The molecule has 2 rings (SSSR count). The lowest BCUT2D eigenvalue weighted by Gasteiger charge is -2.06. The molecule has 0 aliphatic carbocycles. The first-order valence-electron chi connectivity index (χ1n) is 4.79. The topological polar surface area (TPSA) is 80.9 Å². The lowest BCUT2D eigenvalue weighted by atomic mass is 10.1. The number of thioether (sulfide) groups is 1. The molecule has 5 nitrogen and oxygen atoms in total. The molecule has 0 aliphatic heterocycles. The number of rotatable bonds is 4. The Balaban J connectivity index is 2.12. The summed E-state index contributed by atoms with van der Waals surface area (Å²) in [6.07, 6.45) is 0. The molecule has 0 saturated carbocycles. The molecule has 7 heteroatoms. The molecule has 0 atom stereocenters. The van der Waals surface area contributed by atoms with E-state index in [1.807, 2.05) is 18.2 Å². The van der Waals surface area contributed by atoms with E-state index in [2.05, 4.69) is 15.6 Å². The van der Waals surface area contributed by atoms with Gasteiger partial charge in [-0.1, -0.05) is 41.3 Å². The van der Waals surface area contributed by atoms with Crippen LogP contribution in [0.2, 0.25) is 0 Å². The summed E-state index contributed by atoms with van der Waals surface area (Å²) in [5, 5.41) is 7.69.